The number of nitrogens with zero attached hydrogens (tertiary/aromatic N) is 2. The molecule has 1 N–H and O–H groups in total. The minimum atomic E-state index is -0.127. The fourth-order valence-corrected chi connectivity index (χ4v) is 5.33. The standard InChI is InChI=1S/C32H37N3O3S/c1-23(15-16-25-11-7-5-8-12-25)33-32(36)29-22-39-31(34-29)21-35(24(2)26-13-9-6-10-14-26)20-27-17-18-28(37-3)19-30(27)38-4/h5-14,17-19,22-24H,15-16,20-21H2,1-4H3,(H,33,36). The van der Waals surface area contributed by atoms with Gasteiger partial charge < -0.3 is 14.8 Å². The fourth-order valence-electron chi connectivity index (χ4n) is 4.53. The highest BCUT2D eigenvalue weighted by Gasteiger charge is 2.21. The van der Waals surface area contributed by atoms with Gasteiger partial charge in [-0.25, -0.2) is 4.98 Å². The Bertz CT molecular complexity index is 1330. The summed E-state index contributed by atoms with van der Waals surface area (Å²) in [6, 6.07) is 26.8. The van der Waals surface area contributed by atoms with Crippen molar-refractivity contribution in [1.82, 2.24) is 15.2 Å². The highest BCUT2D eigenvalue weighted by molar-refractivity contribution is 7.09. The smallest absolute Gasteiger partial charge is 0.270 e. The summed E-state index contributed by atoms with van der Waals surface area (Å²) in [5.41, 5.74) is 4.01. The number of benzene rings is 3. The minimum Gasteiger partial charge on any atom is -0.497 e. The molecule has 1 amide bonds. The van der Waals surface area contributed by atoms with Crippen LogP contribution in [0, 0.1) is 0 Å². The van der Waals surface area contributed by atoms with E-state index in [1.807, 2.05) is 54.8 Å². The molecule has 1 aromatic heterocycles. The number of methoxy groups -OCH3 is 2. The van der Waals surface area contributed by atoms with E-state index in [-0.39, 0.29) is 18.0 Å². The number of carbonyl (C=O) groups excluding carboxylic acids is 1. The van der Waals surface area contributed by atoms with Crippen molar-refractivity contribution in [3.63, 3.8) is 0 Å². The number of aryl methyl sites for hydroxylation is 1. The maximum Gasteiger partial charge on any atom is 0.270 e. The second-order valence-electron chi connectivity index (χ2n) is 9.69. The fraction of sp³-hybridized carbons (Fsp3) is 0.312. The lowest BCUT2D eigenvalue weighted by Crippen LogP contribution is -2.33. The molecule has 0 fully saturated rings. The number of carbonyl (C=O) groups is 1. The molecule has 0 saturated carbocycles. The van der Waals surface area contributed by atoms with Crippen LogP contribution in [0.25, 0.3) is 0 Å². The third-order valence-corrected chi connectivity index (χ3v) is 7.74. The summed E-state index contributed by atoms with van der Waals surface area (Å²) in [7, 11) is 3.33. The van der Waals surface area contributed by atoms with Crippen LogP contribution in [0.5, 0.6) is 11.5 Å². The van der Waals surface area contributed by atoms with Crippen molar-refractivity contribution in [3.05, 3.63) is 112 Å². The zero-order valence-corrected chi connectivity index (χ0v) is 23.9. The number of hydrogen-bond acceptors (Lipinski definition) is 6. The van der Waals surface area contributed by atoms with Gasteiger partial charge in [-0.2, -0.15) is 0 Å². The van der Waals surface area contributed by atoms with Gasteiger partial charge in [0, 0.05) is 35.6 Å². The second-order valence-corrected chi connectivity index (χ2v) is 10.6. The Hall–Kier alpha value is -3.68. The van der Waals surface area contributed by atoms with E-state index in [9.17, 15) is 4.79 Å². The molecule has 0 radical (unpaired) electrons. The zero-order chi connectivity index (χ0) is 27.6. The Balaban J connectivity index is 1.46. The van der Waals surface area contributed by atoms with Crippen LogP contribution in [0.2, 0.25) is 0 Å². The lowest BCUT2D eigenvalue weighted by atomic mass is 10.1. The Morgan fingerprint density at radius 2 is 1.67 bits per heavy atom. The second kappa shape index (κ2) is 13.9. The lowest BCUT2D eigenvalue weighted by molar-refractivity contribution is 0.0933. The summed E-state index contributed by atoms with van der Waals surface area (Å²) < 4.78 is 11.1. The molecule has 2 unspecified atom stereocenters. The molecule has 0 saturated heterocycles. The van der Waals surface area contributed by atoms with Crippen molar-refractivity contribution >= 4 is 17.2 Å². The van der Waals surface area contributed by atoms with E-state index in [4.69, 9.17) is 14.5 Å². The molecule has 0 aliphatic heterocycles. The number of aromatic nitrogens is 1. The van der Waals surface area contributed by atoms with Crippen LogP contribution in [0.3, 0.4) is 0 Å². The molecule has 4 aromatic rings. The first-order chi connectivity index (χ1) is 19.0. The summed E-state index contributed by atoms with van der Waals surface area (Å²) in [4.78, 5) is 20.0. The summed E-state index contributed by atoms with van der Waals surface area (Å²) in [6.07, 6.45) is 1.80. The number of hydrogen-bond donors (Lipinski definition) is 1. The topological polar surface area (TPSA) is 63.7 Å². The van der Waals surface area contributed by atoms with E-state index >= 15 is 0 Å². The summed E-state index contributed by atoms with van der Waals surface area (Å²) in [5, 5.41) is 5.86. The summed E-state index contributed by atoms with van der Waals surface area (Å²) in [6.45, 7) is 5.49. The predicted octanol–water partition coefficient (Wildman–Crippen LogP) is 6.67. The number of rotatable bonds is 13. The lowest BCUT2D eigenvalue weighted by Gasteiger charge is -2.29. The van der Waals surface area contributed by atoms with Gasteiger partial charge in [0.25, 0.3) is 5.91 Å². The van der Waals surface area contributed by atoms with Crippen molar-refractivity contribution < 1.29 is 14.3 Å². The highest BCUT2D eigenvalue weighted by atomic mass is 32.1. The van der Waals surface area contributed by atoms with Gasteiger partial charge in [-0.05, 0) is 43.9 Å². The van der Waals surface area contributed by atoms with E-state index in [0.29, 0.717) is 18.8 Å². The molecule has 39 heavy (non-hydrogen) atoms. The molecular formula is C32H37N3O3S. The first kappa shape index (κ1) is 28.3. The van der Waals surface area contributed by atoms with Crippen molar-refractivity contribution in [2.75, 3.05) is 14.2 Å². The SMILES string of the molecule is COc1ccc(CN(Cc2nc(C(=O)NC(C)CCc3ccccc3)cs2)C(C)c2ccccc2)c(OC)c1. The van der Waals surface area contributed by atoms with Gasteiger partial charge >= 0.3 is 0 Å². The van der Waals surface area contributed by atoms with Crippen LogP contribution < -0.4 is 14.8 Å². The van der Waals surface area contributed by atoms with Gasteiger partial charge in [0.2, 0.25) is 0 Å². The van der Waals surface area contributed by atoms with Crippen LogP contribution in [-0.4, -0.2) is 36.1 Å². The zero-order valence-electron chi connectivity index (χ0n) is 23.1. The van der Waals surface area contributed by atoms with Crippen LogP contribution in [0.1, 0.15) is 58.5 Å². The molecule has 4 rings (SSSR count). The maximum absolute atomic E-state index is 12.9. The third kappa shape index (κ3) is 7.91. The molecule has 2 atom stereocenters. The van der Waals surface area contributed by atoms with E-state index in [0.717, 1.165) is 34.9 Å². The summed E-state index contributed by atoms with van der Waals surface area (Å²) in [5.74, 6) is 1.41. The summed E-state index contributed by atoms with van der Waals surface area (Å²) >= 11 is 1.52. The van der Waals surface area contributed by atoms with E-state index in [2.05, 4.69) is 53.5 Å². The Morgan fingerprint density at radius 3 is 2.36 bits per heavy atom. The third-order valence-electron chi connectivity index (χ3n) is 6.91. The molecule has 0 bridgehead atoms. The van der Waals surface area contributed by atoms with Crippen molar-refractivity contribution in [1.29, 1.82) is 0 Å². The molecule has 0 spiro atoms. The Kier molecular flexibility index (Phi) is 10.1. The van der Waals surface area contributed by atoms with Crippen molar-refractivity contribution in [3.8, 4) is 11.5 Å². The molecule has 6 nitrogen and oxygen atoms in total. The molecule has 0 aliphatic carbocycles. The molecular weight excluding hydrogens is 506 g/mol. The molecule has 3 aromatic carbocycles. The molecule has 7 heteroatoms. The first-order valence-electron chi connectivity index (χ1n) is 13.3. The first-order valence-corrected chi connectivity index (χ1v) is 14.1. The van der Waals surface area contributed by atoms with E-state index in [1.54, 1.807) is 14.2 Å². The average Bonchev–Trinajstić information content (AvgIpc) is 3.45. The van der Waals surface area contributed by atoms with Gasteiger partial charge in [-0.15, -0.1) is 11.3 Å². The normalized spacial score (nSPS) is 12.6. The van der Waals surface area contributed by atoms with Gasteiger partial charge in [-0.3, -0.25) is 9.69 Å². The van der Waals surface area contributed by atoms with Gasteiger partial charge in [0.1, 0.15) is 22.2 Å². The van der Waals surface area contributed by atoms with Crippen molar-refractivity contribution in [2.45, 2.75) is 51.9 Å². The van der Waals surface area contributed by atoms with Gasteiger partial charge in [0.15, 0.2) is 0 Å². The van der Waals surface area contributed by atoms with Crippen LogP contribution in [0.4, 0.5) is 0 Å². The quantitative estimate of drug-likeness (QED) is 0.204. The van der Waals surface area contributed by atoms with E-state index < -0.39 is 0 Å². The van der Waals surface area contributed by atoms with Crippen LogP contribution >= 0.6 is 11.3 Å². The highest BCUT2D eigenvalue weighted by Crippen LogP contribution is 2.30. The predicted molar refractivity (Wildman–Crippen MR) is 157 cm³/mol. The number of thiazole rings is 1. The van der Waals surface area contributed by atoms with Crippen LogP contribution in [0.15, 0.2) is 84.2 Å². The monoisotopic (exact) mass is 543 g/mol. The largest absolute Gasteiger partial charge is 0.497 e. The molecule has 1 heterocycles. The average molecular weight is 544 g/mol. The molecule has 204 valence electrons. The van der Waals surface area contributed by atoms with Gasteiger partial charge in [0.05, 0.1) is 20.8 Å². The molecule has 0 aliphatic rings. The Morgan fingerprint density at radius 1 is 0.949 bits per heavy atom. The maximum atomic E-state index is 12.9. The Labute approximate surface area is 235 Å². The minimum absolute atomic E-state index is 0.0556. The number of ether oxygens (including phenoxy) is 2. The van der Waals surface area contributed by atoms with Gasteiger partial charge in [-0.1, -0.05) is 66.7 Å². The number of nitrogens with one attached hydrogen (secondary N) is 1. The number of amides is 1. The van der Waals surface area contributed by atoms with Crippen molar-refractivity contribution in [2.24, 2.45) is 0 Å². The van der Waals surface area contributed by atoms with E-state index in [1.165, 1.54) is 22.5 Å². The van der Waals surface area contributed by atoms with Crippen LogP contribution in [-0.2, 0) is 19.5 Å².